The summed E-state index contributed by atoms with van der Waals surface area (Å²) in [5, 5.41) is 8.15. The molecule has 0 spiro atoms. The van der Waals surface area contributed by atoms with E-state index in [1.165, 1.54) is 0 Å². The van der Waals surface area contributed by atoms with Gasteiger partial charge in [-0.25, -0.2) is 9.78 Å². The number of aryl methyl sites for hydroxylation is 2. The molecule has 1 aliphatic heterocycles. The second kappa shape index (κ2) is 6.48. The molecule has 4 rings (SSSR count). The maximum atomic E-state index is 12.8. The Morgan fingerprint density at radius 1 is 1.32 bits per heavy atom. The molecule has 3 aromatic rings. The van der Waals surface area contributed by atoms with Crippen molar-refractivity contribution in [2.24, 2.45) is 0 Å². The lowest BCUT2D eigenvalue weighted by Gasteiger charge is -2.34. The molecule has 2 aromatic heterocycles. The van der Waals surface area contributed by atoms with Crippen LogP contribution in [0.1, 0.15) is 41.8 Å². The number of nitrogens with one attached hydrogen (secondary N) is 1. The van der Waals surface area contributed by atoms with Gasteiger partial charge < -0.3 is 14.7 Å². The van der Waals surface area contributed by atoms with Gasteiger partial charge in [-0.05, 0) is 51.3 Å². The van der Waals surface area contributed by atoms with E-state index in [1.54, 1.807) is 11.3 Å². The van der Waals surface area contributed by atoms with Gasteiger partial charge in [-0.15, -0.1) is 11.3 Å². The Bertz CT molecular complexity index is 917. The van der Waals surface area contributed by atoms with Crippen molar-refractivity contribution in [1.82, 2.24) is 15.0 Å². The van der Waals surface area contributed by atoms with Crippen LogP contribution in [-0.4, -0.2) is 27.6 Å². The van der Waals surface area contributed by atoms with E-state index in [4.69, 9.17) is 4.52 Å². The minimum atomic E-state index is -0.100. The van der Waals surface area contributed by atoms with Crippen molar-refractivity contribution in [2.75, 3.05) is 11.9 Å². The number of anilines is 1. The van der Waals surface area contributed by atoms with E-state index < -0.39 is 0 Å². The van der Waals surface area contributed by atoms with E-state index in [-0.39, 0.29) is 12.1 Å². The molecule has 0 bridgehead atoms. The number of amides is 2. The number of carbonyl (C=O) groups is 1. The molecule has 1 aliphatic rings. The highest BCUT2D eigenvalue weighted by atomic mass is 32.1. The Kier molecular flexibility index (Phi) is 4.17. The molecule has 0 radical (unpaired) electrons. The van der Waals surface area contributed by atoms with Crippen LogP contribution in [0, 0.1) is 13.8 Å². The van der Waals surface area contributed by atoms with Gasteiger partial charge in [0.05, 0.1) is 21.3 Å². The van der Waals surface area contributed by atoms with Crippen LogP contribution in [0.3, 0.4) is 0 Å². The minimum absolute atomic E-state index is 0.0311. The van der Waals surface area contributed by atoms with Crippen molar-refractivity contribution in [3.05, 3.63) is 40.7 Å². The predicted octanol–water partition coefficient (Wildman–Crippen LogP) is 4.66. The van der Waals surface area contributed by atoms with Crippen molar-refractivity contribution in [1.29, 1.82) is 0 Å². The Balaban J connectivity index is 1.55. The summed E-state index contributed by atoms with van der Waals surface area (Å²) in [6.07, 6.45) is 3.00. The summed E-state index contributed by atoms with van der Waals surface area (Å²) in [5.41, 5.74) is 2.52. The number of carbonyl (C=O) groups excluding carboxylic acids is 1. The Labute approximate surface area is 149 Å². The number of rotatable bonds is 2. The van der Waals surface area contributed by atoms with Gasteiger partial charge in [0, 0.05) is 18.3 Å². The average molecular weight is 356 g/mol. The Morgan fingerprint density at radius 3 is 3.00 bits per heavy atom. The molecule has 1 aromatic carbocycles. The average Bonchev–Trinajstić information content (AvgIpc) is 3.19. The van der Waals surface area contributed by atoms with Gasteiger partial charge in [-0.2, -0.15) is 0 Å². The number of urea groups is 1. The highest BCUT2D eigenvalue weighted by Gasteiger charge is 2.30. The molecule has 1 saturated heterocycles. The van der Waals surface area contributed by atoms with E-state index in [1.807, 2.05) is 43.0 Å². The number of nitrogens with zero attached hydrogens (tertiary/aromatic N) is 3. The molecule has 1 N–H and O–H groups in total. The normalized spacial score (nSPS) is 17.8. The summed E-state index contributed by atoms with van der Waals surface area (Å²) in [7, 11) is 0. The molecule has 25 heavy (non-hydrogen) atoms. The van der Waals surface area contributed by atoms with Gasteiger partial charge in [0.15, 0.2) is 0 Å². The predicted molar refractivity (Wildman–Crippen MR) is 97.9 cm³/mol. The van der Waals surface area contributed by atoms with Gasteiger partial charge in [0.1, 0.15) is 11.5 Å². The van der Waals surface area contributed by atoms with Crippen LogP contribution in [0.5, 0.6) is 0 Å². The molecule has 3 heterocycles. The summed E-state index contributed by atoms with van der Waals surface area (Å²) in [6, 6.07) is 7.64. The van der Waals surface area contributed by atoms with Crippen LogP contribution in [0.15, 0.2) is 28.8 Å². The third kappa shape index (κ3) is 3.24. The lowest BCUT2D eigenvalue weighted by atomic mass is 9.99. The first-order valence-corrected chi connectivity index (χ1v) is 9.30. The molecule has 0 saturated carbocycles. The van der Waals surface area contributed by atoms with Crippen LogP contribution in [0.25, 0.3) is 10.2 Å². The van der Waals surface area contributed by atoms with E-state index in [0.717, 1.165) is 58.2 Å². The van der Waals surface area contributed by atoms with E-state index in [2.05, 4.69) is 15.5 Å². The zero-order chi connectivity index (χ0) is 17.4. The summed E-state index contributed by atoms with van der Waals surface area (Å²) in [5.74, 6) is 0.769. The Morgan fingerprint density at radius 2 is 2.20 bits per heavy atom. The summed E-state index contributed by atoms with van der Waals surface area (Å²) in [6.45, 7) is 4.58. The molecule has 1 unspecified atom stereocenters. The summed E-state index contributed by atoms with van der Waals surface area (Å²) in [4.78, 5) is 19.2. The second-order valence-electron chi connectivity index (χ2n) is 6.41. The third-order valence-electron chi connectivity index (χ3n) is 4.50. The van der Waals surface area contributed by atoms with Gasteiger partial charge in [-0.1, -0.05) is 5.16 Å². The lowest BCUT2D eigenvalue weighted by Crippen LogP contribution is -2.41. The fraction of sp³-hybridized carbons (Fsp3) is 0.389. The largest absolute Gasteiger partial charge is 0.361 e. The van der Waals surface area contributed by atoms with Crippen molar-refractivity contribution in [3.8, 4) is 0 Å². The van der Waals surface area contributed by atoms with Crippen molar-refractivity contribution >= 4 is 33.3 Å². The number of thiazole rings is 1. The first kappa shape index (κ1) is 16.1. The smallest absolute Gasteiger partial charge is 0.322 e. The van der Waals surface area contributed by atoms with Gasteiger partial charge >= 0.3 is 6.03 Å². The quantitative estimate of drug-likeness (QED) is 0.725. The van der Waals surface area contributed by atoms with Crippen LogP contribution in [-0.2, 0) is 0 Å². The maximum absolute atomic E-state index is 12.8. The molecule has 6 nitrogen and oxygen atoms in total. The van der Waals surface area contributed by atoms with Crippen molar-refractivity contribution in [3.63, 3.8) is 0 Å². The molecule has 7 heteroatoms. The van der Waals surface area contributed by atoms with Gasteiger partial charge in [-0.3, -0.25) is 0 Å². The number of aromatic nitrogens is 2. The number of benzene rings is 1. The van der Waals surface area contributed by atoms with Crippen molar-refractivity contribution < 1.29 is 9.32 Å². The number of fused-ring (bicyclic) bond motifs is 1. The SMILES string of the molecule is Cc1cc(C2CCCCN2C(=O)Nc2ccc3sc(C)nc3c2)no1. The number of likely N-dealkylation sites (tertiary alicyclic amines) is 1. The molecule has 130 valence electrons. The molecule has 1 fully saturated rings. The monoisotopic (exact) mass is 356 g/mol. The molecular formula is C18H20N4O2S. The zero-order valence-electron chi connectivity index (χ0n) is 14.3. The Hall–Kier alpha value is -2.41. The van der Waals surface area contributed by atoms with E-state index >= 15 is 0 Å². The minimum Gasteiger partial charge on any atom is -0.361 e. The molecule has 2 amide bonds. The fourth-order valence-corrected chi connectivity index (χ4v) is 4.15. The molecule has 1 atom stereocenters. The number of hydrogen-bond donors (Lipinski definition) is 1. The van der Waals surface area contributed by atoms with Gasteiger partial charge in [0.25, 0.3) is 0 Å². The first-order valence-electron chi connectivity index (χ1n) is 8.48. The zero-order valence-corrected chi connectivity index (χ0v) is 15.1. The van der Waals surface area contributed by atoms with Crippen LogP contribution in [0.2, 0.25) is 0 Å². The fourth-order valence-electron chi connectivity index (χ4n) is 3.34. The first-order chi connectivity index (χ1) is 12.1. The number of hydrogen-bond acceptors (Lipinski definition) is 5. The van der Waals surface area contributed by atoms with Crippen LogP contribution in [0.4, 0.5) is 10.5 Å². The van der Waals surface area contributed by atoms with E-state index in [9.17, 15) is 4.79 Å². The van der Waals surface area contributed by atoms with Crippen LogP contribution >= 0.6 is 11.3 Å². The molecular weight excluding hydrogens is 336 g/mol. The van der Waals surface area contributed by atoms with Crippen LogP contribution < -0.4 is 5.32 Å². The standard InChI is InChI=1S/C18H20N4O2S/c1-11-9-14(21-24-11)16-5-3-4-8-22(16)18(23)20-13-6-7-17-15(10-13)19-12(2)25-17/h6-7,9-10,16H,3-5,8H2,1-2H3,(H,20,23). The second-order valence-corrected chi connectivity index (χ2v) is 7.65. The maximum Gasteiger partial charge on any atom is 0.322 e. The third-order valence-corrected chi connectivity index (χ3v) is 5.45. The topological polar surface area (TPSA) is 71.3 Å². The van der Waals surface area contributed by atoms with Crippen molar-refractivity contribution in [2.45, 2.75) is 39.2 Å². The number of piperidine rings is 1. The highest BCUT2D eigenvalue weighted by molar-refractivity contribution is 7.18. The van der Waals surface area contributed by atoms with Gasteiger partial charge in [0.2, 0.25) is 0 Å². The highest BCUT2D eigenvalue weighted by Crippen LogP contribution is 2.31. The van der Waals surface area contributed by atoms with E-state index in [0.29, 0.717) is 0 Å². The summed E-state index contributed by atoms with van der Waals surface area (Å²) < 4.78 is 6.33. The summed E-state index contributed by atoms with van der Waals surface area (Å²) >= 11 is 1.65. The molecule has 0 aliphatic carbocycles. The lowest BCUT2D eigenvalue weighted by molar-refractivity contribution is 0.159.